The first-order valence-corrected chi connectivity index (χ1v) is 6.26. The largest absolute Gasteiger partial charge is 0.491 e. The van der Waals surface area contributed by atoms with E-state index in [4.69, 9.17) is 4.74 Å². The minimum atomic E-state index is -0.423. The Morgan fingerprint density at radius 1 is 1.59 bits per heavy atom. The van der Waals surface area contributed by atoms with Crippen LogP contribution in [0.5, 0.6) is 5.75 Å². The van der Waals surface area contributed by atoms with E-state index in [0.29, 0.717) is 18.4 Å². The summed E-state index contributed by atoms with van der Waals surface area (Å²) in [6, 6.07) is 4.88. The van der Waals surface area contributed by atoms with Gasteiger partial charge in [0.15, 0.2) is 0 Å². The molecule has 1 aliphatic rings. The van der Waals surface area contributed by atoms with E-state index in [1.54, 1.807) is 6.07 Å². The predicted octanol–water partition coefficient (Wildman–Crippen LogP) is 2.49. The summed E-state index contributed by atoms with van der Waals surface area (Å²) in [6.45, 7) is 1.56. The van der Waals surface area contributed by atoms with Crippen LogP contribution in [0.25, 0.3) is 0 Å². The summed E-state index contributed by atoms with van der Waals surface area (Å²) in [6.07, 6.45) is 2.25. The number of rotatable bonds is 4. The van der Waals surface area contributed by atoms with Gasteiger partial charge in [0, 0.05) is 12.1 Å². The van der Waals surface area contributed by atoms with Crippen molar-refractivity contribution >= 4 is 21.6 Å². The molecule has 1 unspecified atom stereocenters. The Labute approximate surface area is 107 Å². The monoisotopic (exact) mass is 300 g/mol. The molecule has 92 valence electrons. The molecule has 1 N–H and O–H groups in total. The van der Waals surface area contributed by atoms with Gasteiger partial charge in [-0.2, -0.15) is 0 Å². The van der Waals surface area contributed by atoms with Crippen LogP contribution in [0, 0.1) is 10.1 Å². The lowest BCUT2D eigenvalue weighted by Crippen LogP contribution is -2.28. The van der Waals surface area contributed by atoms with Gasteiger partial charge in [-0.25, -0.2) is 0 Å². The minimum absolute atomic E-state index is 0.0441. The average Bonchev–Trinajstić information content (AvgIpc) is 2.80. The molecular formula is C11H13BrN2O3. The van der Waals surface area contributed by atoms with Crippen LogP contribution in [0.3, 0.4) is 0 Å². The molecule has 0 amide bonds. The zero-order valence-electron chi connectivity index (χ0n) is 9.19. The maximum absolute atomic E-state index is 10.6. The summed E-state index contributed by atoms with van der Waals surface area (Å²) < 4.78 is 6.33. The molecule has 0 aromatic heterocycles. The van der Waals surface area contributed by atoms with Gasteiger partial charge in [0.1, 0.15) is 12.4 Å². The highest BCUT2D eigenvalue weighted by molar-refractivity contribution is 9.10. The number of non-ortho nitro benzene ring substituents is 1. The van der Waals surface area contributed by atoms with Gasteiger partial charge in [-0.1, -0.05) is 0 Å². The molecule has 2 rings (SSSR count). The van der Waals surface area contributed by atoms with Crippen LogP contribution in [-0.2, 0) is 0 Å². The van der Waals surface area contributed by atoms with E-state index in [0.717, 1.165) is 23.9 Å². The third-order valence-corrected chi connectivity index (χ3v) is 3.38. The molecule has 1 fully saturated rings. The number of nitrogens with zero attached hydrogens (tertiary/aromatic N) is 1. The SMILES string of the molecule is O=[N+]([O-])c1ccc(Br)c(OCC2CCCN2)c1. The Bertz CT molecular complexity index is 419. The predicted molar refractivity (Wildman–Crippen MR) is 67.3 cm³/mol. The molecular weight excluding hydrogens is 288 g/mol. The van der Waals surface area contributed by atoms with Crippen molar-refractivity contribution < 1.29 is 9.66 Å². The number of ether oxygens (including phenoxy) is 1. The fourth-order valence-electron chi connectivity index (χ4n) is 1.81. The lowest BCUT2D eigenvalue weighted by molar-refractivity contribution is -0.385. The second-order valence-electron chi connectivity index (χ2n) is 3.98. The average molecular weight is 301 g/mol. The quantitative estimate of drug-likeness (QED) is 0.685. The number of nitrogens with one attached hydrogen (secondary N) is 1. The second kappa shape index (κ2) is 5.46. The van der Waals surface area contributed by atoms with Gasteiger partial charge < -0.3 is 10.1 Å². The van der Waals surface area contributed by atoms with Crippen LogP contribution in [0.2, 0.25) is 0 Å². The molecule has 1 aromatic rings. The first kappa shape index (κ1) is 12.3. The highest BCUT2D eigenvalue weighted by atomic mass is 79.9. The number of hydrogen-bond donors (Lipinski definition) is 1. The van der Waals surface area contributed by atoms with Gasteiger partial charge in [0.25, 0.3) is 5.69 Å². The molecule has 0 bridgehead atoms. The summed E-state index contributed by atoms with van der Waals surface area (Å²) in [7, 11) is 0. The maximum atomic E-state index is 10.6. The van der Waals surface area contributed by atoms with Crippen LogP contribution >= 0.6 is 15.9 Å². The molecule has 0 aliphatic carbocycles. The third kappa shape index (κ3) is 3.17. The summed E-state index contributed by atoms with van der Waals surface area (Å²) in [5.74, 6) is 0.521. The molecule has 5 nitrogen and oxygen atoms in total. The van der Waals surface area contributed by atoms with E-state index < -0.39 is 4.92 Å². The fraction of sp³-hybridized carbons (Fsp3) is 0.455. The summed E-state index contributed by atoms with van der Waals surface area (Å²) in [4.78, 5) is 10.2. The molecule has 1 aromatic carbocycles. The molecule has 1 saturated heterocycles. The number of hydrogen-bond acceptors (Lipinski definition) is 4. The fourth-order valence-corrected chi connectivity index (χ4v) is 2.17. The summed E-state index contributed by atoms with van der Waals surface area (Å²) in [5, 5.41) is 14.0. The van der Waals surface area contributed by atoms with Gasteiger partial charge in [-0.05, 0) is 41.4 Å². The molecule has 17 heavy (non-hydrogen) atoms. The number of halogens is 1. The smallest absolute Gasteiger partial charge is 0.273 e. The Balaban J connectivity index is 2.03. The molecule has 1 heterocycles. The van der Waals surface area contributed by atoms with Crippen LogP contribution in [0.15, 0.2) is 22.7 Å². The first-order valence-electron chi connectivity index (χ1n) is 5.47. The highest BCUT2D eigenvalue weighted by Crippen LogP contribution is 2.29. The minimum Gasteiger partial charge on any atom is -0.491 e. The van der Waals surface area contributed by atoms with E-state index in [2.05, 4.69) is 21.2 Å². The molecule has 6 heteroatoms. The van der Waals surface area contributed by atoms with Crippen LogP contribution < -0.4 is 10.1 Å². The van der Waals surface area contributed by atoms with Crippen molar-refractivity contribution in [1.82, 2.24) is 5.32 Å². The van der Waals surface area contributed by atoms with Gasteiger partial charge in [-0.15, -0.1) is 0 Å². The normalized spacial score (nSPS) is 19.2. The van der Waals surface area contributed by atoms with Crippen LogP contribution in [0.1, 0.15) is 12.8 Å². The summed E-state index contributed by atoms with van der Waals surface area (Å²) in [5.41, 5.74) is 0.0441. The van der Waals surface area contributed by atoms with Crippen molar-refractivity contribution in [2.24, 2.45) is 0 Å². The van der Waals surface area contributed by atoms with Crippen LogP contribution in [-0.4, -0.2) is 24.1 Å². The maximum Gasteiger partial charge on any atom is 0.273 e. The number of nitro groups is 1. The van der Waals surface area contributed by atoms with Gasteiger partial charge >= 0.3 is 0 Å². The van der Waals surface area contributed by atoms with E-state index in [-0.39, 0.29) is 5.69 Å². The van der Waals surface area contributed by atoms with Crippen molar-refractivity contribution in [2.45, 2.75) is 18.9 Å². The van der Waals surface area contributed by atoms with Gasteiger partial charge in [-0.3, -0.25) is 10.1 Å². The highest BCUT2D eigenvalue weighted by Gasteiger charge is 2.16. The van der Waals surface area contributed by atoms with Crippen molar-refractivity contribution in [3.8, 4) is 5.75 Å². The third-order valence-electron chi connectivity index (χ3n) is 2.73. The zero-order chi connectivity index (χ0) is 12.3. The topological polar surface area (TPSA) is 64.4 Å². The van der Waals surface area contributed by atoms with Gasteiger partial charge in [0.05, 0.1) is 15.5 Å². The van der Waals surface area contributed by atoms with E-state index in [1.807, 2.05) is 0 Å². The first-order chi connectivity index (χ1) is 8.16. The Morgan fingerprint density at radius 3 is 3.06 bits per heavy atom. The molecule has 0 saturated carbocycles. The van der Waals surface area contributed by atoms with Crippen molar-refractivity contribution in [2.75, 3.05) is 13.2 Å². The zero-order valence-corrected chi connectivity index (χ0v) is 10.8. The standard InChI is InChI=1S/C11H13BrN2O3/c12-10-4-3-9(14(15)16)6-11(10)17-7-8-2-1-5-13-8/h3-4,6,8,13H,1-2,5,7H2. The summed E-state index contributed by atoms with van der Waals surface area (Å²) >= 11 is 3.32. The lowest BCUT2D eigenvalue weighted by Gasteiger charge is -2.12. The van der Waals surface area contributed by atoms with Crippen molar-refractivity contribution in [3.05, 3.63) is 32.8 Å². The Morgan fingerprint density at radius 2 is 2.41 bits per heavy atom. The second-order valence-corrected chi connectivity index (χ2v) is 4.83. The number of benzene rings is 1. The molecule has 1 aliphatic heterocycles. The van der Waals surface area contributed by atoms with E-state index in [9.17, 15) is 10.1 Å². The van der Waals surface area contributed by atoms with E-state index >= 15 is 0 Å². The van der Waals surface area contributed by atoms with Crippen molar-refractivity contribution in [1.29, 1.82) is 0 Å². The van der Waals surface area contributed by atoms with E-state index in [1.165, 1.54) is 12.1 Å². The van der Waals surface area contributed by atoms with Crippen molar-refractivity contribution in [3.63, 3.8) is 0 Å². The molecule has 0 radical (unpaired) electrons. The lowest BCUT2D eigenvalue weighted by atomic mass is 10.2. The van der Waals surface area contributed by atoms with Gasteiger partial charge in [0.2, 0.25) is 0 Å². The molecule has 1 atom stereocenters. The molecule has 0 spiro atoms. The van der Waals surface area contributed by atoms with Crippen LogP contribution in [0.4, 0.5) is 5.69 Å². The Hall–Kier alpha value is -1.14. The Kier molecular flexibility index (Phi) is 3.96. The number of nitro benzene ring substituents is 1.